The number of carbonyl (C=O) groups excluding carboxylic acids is 1. The van der Waals surface area contributed by atoms with E-state index in [4.69, 9.17) is 5.73 Å². The Morgan fingerprint density at radius 2 is 1.82 bits per heavy atom. The number of amides is 1. The molecular weight excluding hydrogens is 210 g/mol. The number of hydrogen-bond donors (Lipinski definition) is 1. The van der Waals surface area contributed by atoms with Gasteiger partial charge in [-0.25, -0.2) is 0 Å². The molecule has 17 heavy (non-hydrogen) atoms. The van der Waals surface area contributed by atoms with Crippen LogP contribution in [0.1, 0.15) is 10.4 Å². The highest BCUT2D eigenvalue weighted by Crippen LogP contribution is 2.27. The molecular formula is C15H10NO. The summed E-state index contributed by atoms with van der Waals surface area (Å²) in [5.41, 5.74) is 6.07. The van der Waals surface area contributed by atoms with Crippen molar-refractivity contribution in [2.24, 2.45) is 5.73 Å². The van der Waals surface area contributed by atoms with Crippen LogP contribution in [-0.2, 0) is 0 Å². The van der Waals surface area contributed by atoms with Crippen molar-refractivity contribution in [1.29, 1.82) is 0 Å². The van der Waals surface area contributed by atoms with Crippen LogP contribution in [-0.4, -0.2) is 5.91 Å². The van der Waals surface area contributed by atoms with Gasteiger partial charge in [0.2, 0.25) is 5.91 Å². The van der Waals surface area contributed by atoms with Crippen LogP contribution in [0.15, 0.2) is 48.5 Å². The Bertz CT molecular complexity index is 677. The lowest BCUT2D eigenvalue weighted by atomic mass is 9.96. The molecule has 0 bridgehead atoms. The van der Waals surface area contributed by atoms with Gasteiger partial charge in [0.05, 0.1) is 5.56 Å². The van der Waals surface area contributed by atoms with Crippen molar-refractivity contribution in [3.05, 3.63) is 60.2 Å². The van der Waals surface area contributed by atoms with Crippen LogP contribution in [0.3, 0.4) is 0 Å². The second-order valence-corrected chi connectivity index (χ2v) is 3.97. The molecule has 0 unspecified atom stereocenters. The molecule has 81 valence electrons. The maximum atomic E-state index is 11.6. The fourth-order valence-electron chi connectivity index (χ4n) is 2.20. The second-order valence-electron chi connectivity index (χ2n) is 3.97. The summed E-state index contributed by atoms with van der Waals surface area (Å²) in [5.74, 6) is -0.397. The Labute approximate surface area is 98.7 Å². The van der Waals surface area contributed by atoms with E-state index in [1.165, 1.54) is 0 Å². The first-order chi connectivity index (χ1) is 8.27. The Morgan fingerprint density at radius 3 is 2.65 bits per heavy atom. The topological polar surface area (TPSA) is 43.1 Å². The van der Waals surface area contributed by atoms with E-state index in [-0.39, 0.29) is 0 Å². The van der Waals surface area contributed by atoms with Crippen LogP contribution >= 0.6 is 0 Å². The van der Waals surface area contributed by atoms with Crippen molar-refractivity contribution in [2.45, 2.75) is 0 Å². The summed E-state index contributed by atoms with van der Waals surface area (Å²) in [6.45, 7) is 0. The minimum atomic E-state index is -0.397. The second kappa shape index (κ2) is 3.59. The van der Waals surface area contributed by atoms with E-state index >= 15 is 0 Å². The molecule has 0 spiro atoms. The highest BCUT2D eigenvalue weighted by atomic mass is 16.1. The van der Waals surface area contributed by atoms with Gasteiger partial charge in [-0.1, -0.05) is 42.5 Å². The molecule has 0 aliphatic heterocycles. The quantitative estimate of drug-likeness (QED) is 0.629. The highest BCUT2D eigenvalue weighted by Gasteiger charge is 2.11. The lowest BCUT2D eigenvalue weighted by molar-refractivity contribution is 0.100. The first-order valence-corrected chi connectivity index (χ1v) is 5.39. The van der Waals surface area contributed by atoms with Crippen LogP contribution in [0.25, 0.3) is 21.5 Å². The molecule has 0 atom stereocenters. The van der Waals surface area contributed by atoms with E-state index in [2.05, 4.69) is 6.07 Å². The molecule has 3 aromatic rings. The molecule has 1 radical (unpaired) electrons. The van der Waals surface area contributed by atoms with Crippen molar-refractivity contribution < 1.29 is 4.79 Å². The Balaban J connectivity index is 2.61. The van der Waals surface area contributed by atoms with Crippen molar-refractivity contribution in [1.82, 2.24) is 0 Å². The van der Waals surface area contributed by atoms with Gasteiger partial charge in [0.25, 0.3) is 0 Å². The van der Waals surface area contributed by atoms with Gasteiger partial charge in [-0.3, -0.25) is 4.79 Å². The molecule has 0 fully saturated rings. The Hall–Kier alpha value is -2.35. The first kappa shape index (κ1) is 9.85. The first-order valence-electron chi connectivity index (χ1n) is 5.39. The fourth-order valence-corrected chi connectivity index (χ4v) is 2.20. The number of nitrogens with two attached hydrogens (primary N) is 1. The van der Waals surface area contributed by atoms with Gasteiger partial charge in [0.1, 0.15) is 0 Å². The standard InChI is InChI=1S/C15H10NO/c16-15(17)14-12-7-3-1-5-10(12)9-11-6-2-4-8-13(11)14/h1-5,7-9H,(H2,16,17). The largest absolute Gasteiger partial charge is 0.366 e. The molecule has 3 aromatic carbocycles. The minimum absolute atomic E-state index is 0.397. The van der Waals surface area contributed by atoms with Crippen LogP contribution in [0.5, 0.6) is 0 Å². The number of hydrogen-bond acceptors (Lipinski definition) is 1. The molecule has 2 heteroatoms. The number of rotatable bonds is 1. The van der Waals surface area contributed by atoms with E-state index < -0.39 is 5.91 Å². The van der Waals surface area contributed by atoms with E-state index in [1.807, 2.05) is 48.5 Å². The predicted molar refractivity (Wildman–Crippen MR) is 68.8 cm³/mol. The zero-order valence-corrected chi connectivity index (χ0v) is 9.10. The summed E-state index contributed by atoms with van der Waals surface area (Å²) in [7, 11) is 0. The highest BCUT2D eigenvalue weighted by molar-refractivity contribution is 6.17. The van der Waals surface area contributed by atoms with Crippen molar-refractivity contribution in [2.75, 3.05) is 0 Å². The maximum Gasteiger partial charge on any atom is 0.249 e. The third-order valence-electron chi connectivity index (χ3n) is 2.93. The zero-order valence-electron chi connectivity index (χ0n) is 9.10. The summed E-state index contributed by atoms with van der Waals surface area (Å²) < 4.78 is 0. The average Bonchev–Trinajstić information content (AvgIpc) is 2.35. The SMILES string of the molecule is NC(=O)c1c2ccc[c]c2cc2ccccc12. The van der Waals surface area contributed by atoms with E-state index in [0.717, 1.165) is 21.5 Å². The minimum Gasteiger partial charge on any atom is -0.366 e. The van der Waals surface area contributed by atoms with Crippen LogP contribution in [0.4, 0.5) is 0 Å². The third-order valence-corrected chi connectivity index (χ3v) is 2.93. The fraction of sp³-hybridized carbons (Fsp3) is 0. The zero-order chi connectivity index (χ0) is 11.8. The van der Waals surface area contributed by atoms with E-state index in [0.29, 0.717) is 5.56 Å². The molecule has 3 rings (SSSR count). The van der Waals surface area contributed by atoms with E-state index in [1.54, 1.807) is 0 Å². The van der Waals surface area contributed by atoms with Crippen LogP contribution in [0.2, 0.25) is 0 Å². The predicted octanol–water partition coefficient (Wildman–Crippen LogP) is 2.89. The van der Waals surface area contributed by atoms with Crippen LogP contribution < -0.4 is 5.73 Å². The smallest absolute Gasteiger partial charge is 0.249 e. The maximum absolute atomic E-state index is 11.6. The van der Waals surface area contributed by atoms with Gasteiger partial charge < -0.3 is 5.73 Å². The molecule has 0 saturated heterocycles. The number of fused-ring (bicyclic) bond motifs is 2. The molecule has 0 heterocycles. The summed E-state index contributed by atoms with van der Waals surface area (Å²) in [5, 5.41) is 3.68. The average molecular weight is 220 g/mol. The molecule has 1 amide bonds. The molecule has 0 aliphatic rings. The van der Waals surface area contributed by atoms with Crippen molar-refractivity contribution in [3.8, 4) is 0 Å². The third kappa shape index (κ3) is 1.46. The van der Waals surface area contributed by atoms with E-state index in [9.17, 15) is 4.79 Å². The van der Waals surface area contributed by atoms with Gasteiger partial charge in [-0.05, 0) is 33.7 Å². The number of primary amides is 1. The number of benzene rings is 3. The number of carbonyl (C=O) groups is 1. The molecule has 0 aliphatic carbocycles. The van der Waals surface area contributed by atoms with Crippen molar-refractivity contribution >= 4 is 27.5 Å². The monoisotopic (exact) mass is 220 g/mol. The van der Waals surface area contributed by atoms with Crippen molar-refractivity contribution in [3.63, 3.8) is 0 Å². The Kier molecular flexibility index (Phi) is 2.08. The van der Waals surface area contributed by atoms with Gasteiger partial charge in [-0.15, -0.1) is 0 Å². The summed E-state index contributed by atoms with van der Waals surface area (Å²) >= 11 is 0. The summed E-state index contributed by atoms with van der Waals surface area (Å²) in [4.78, 5) is 11.6. The van der Waals surface area contributed by atoms with Gasteiger partial charge >= 0.3 is 0 Å². The molecule has 2 nitrogen and oxygen atoms in total. The van der Waals surface area contributed by atoms with Crippen LogP contribution in [0, 0.1) is 6.07 Å². The Morgan fingerprint density at radius 1 is 1.06 bits per heavy atom. The molecule has 2 N–H and O–H groups in total. The van der Waals surface area contributed by atoms with Gasteiger partial charge in [0.15, 0.2) is 0 Å². The lowest BCUT2D eigenvalue weighted by Crippen LogP contribution is -2.12. The van der Waals surface area contributed by atoms with Gasteiger partial charge in [0, 0.05) is 0 Å². The van der Waals surface area contributed by atoms with Gasteiger partial charge in [-0.2, -0.15) is 0 Å². The summed E-state index contributed by atoms with van der Waals surface area (Å²) in [6.07, 6.45) is 0. The molecule has 0 aromatic heterocycles. The lowest BCUT2D eigenvalue weighted by Gasteiger charge is -2.07. The molecule has 0 saturated carbocycles. The summed E-state index contributed by atoms with van der Waals surface area (Å²) in [6, 6.07) is 18.5. The normalized spacial score (nSPS) is 10.8.